The second kappa shape index (κ2) is 14.0. The fraction of sp³-hybridized carbons (Fsp3) is 0.316. The van der Waals surface area contributed by atoms with Crippen molar-refractivity contribution < 1.29 is 19.1 Å². The molecule has 2 N–H and O–H groups in total. The number of hydrogen-bond donors (Lipinski definition) is 2. The average molecular weight is 701 g/mol. The molecular formula is C38H36N8O4S. The van der Waals surface area contributed by atoms with Crippen LogP contribution in [0, 0.1) is 18.8 Å². The molecule has 0 saturated carbocycles. The van der Waals surface area contributed by atoms with Gasteiger partial charge < -0.3 is 19.5 Å². The quantitative estimate of drug-likeness (QED) is 0.130. The van der Waals surface area contributed by atoms with Crippen molar-refractivity contribution in [1.82, 2.24) is 34.5 Å². The first kappa shape index (κ1) is 32.6. The summed E-state index contributed by atoms with van der Waals surface area (Å²) in [6.07, 6.45) is 6.97. The van der Waals surface area contributed by atoms with Crippen molar-refractivity contribution in [2.75, 3.05) is 11.9 Å². The standard InChI is InChI=1S/C38H36N8O4S/c1-24-42-43-34-22-50-21-30-28(18-25-8-3-2-4-9-25)33(51-38(30)46(24)34)14-12-26-19-44(23-40-26)17-6-5-16-39-31-11-7-10-27-29(31)20-45(37(27)49)32-13-15-35(47)41-36(32)48/h2-4,7-11,19,23,32,39H,5-6,13,15-18,20-22H2,1H3,(H,41,47,48). The lowest BCUT2D eigenvalue weighted by molar-refractivity contribution is -0.136. The number of imidazole rings is 1. The molecule has 3 aromatic heterocycles. The van der Waals surface area contributed by atoms with Crippen molar-refractivity contribution in [3.8, 4) is 16.8 Å². The Kier molecular flexibility index (Phi) is 8.93. The van der Waals surface area contributed by atoms with E-state index in [-0.39, 0.29) is 18.2 Å². The highest BCUT2D eigenvalue weighted by molar-refractivity contribution is 7.15. The number of imide groups is 1. The van der Waals surface area contributed by atoms with Crippen molar-refractivity contribution in [1.29, 1.82) is 0 Å². The van der Waals surface area contributed by atoms with Gasteiger partial charge in [0, 0.05) is 54.6 Å². The summed E-state index contributed by atoms with van der Waals surface area (Å²) in [5.41, 5.74) is 6.62. The fourth-order valence-corrected chi connectivity index (χ4v) is 8.22. The molecule has 2 aromatic carbocycles. The van der Waals surface area contributed by atoms with Gasteiger partial charge in [0.15, 0.2) is 5.82 Å². The number of ether oxygens (including phenoxy) is 1. The summed E-state index contributed by atoms with van der Waals surface area (Å²) in [5.74, 6) is 7.51. The predicted molar refractivity (Wildman–Crippen MR) is 190 cm³/mol. The highest BCUT2D eigenvalue weighted by atomic mass is 32.1. The second-order valence-corrected chi connectivity index (χ2v) is 14.0. The van der Waals surface area contributed by atoms with Crippen LogP contribution in [0.1, 0.15) is 80.5 Å². The number of carbonyl (C=O) groups excluding carboxylic acids is 3. The number of aryl methyl sites for hydroxylation is 2. The molecule has 1 saturated heterocycles. The number of anilines is 1. The van der Waals surface area contributed by atoms with E-state index < -0.39 is 11.9 Å². The summed E-state index contributed by atoms with van der Waals surface area (Å²) >= 11 is 1.65. The number of nitrogens with zero attached hydrogens (tertiary/aromatic N) is 6. The van der Waals surface area contributed by atoms with Gasteiger partial charge in [0.1, 0.15) is 29.2 Å². The lowest BCUT2D eigenvalue weighted by Crippen LogP contribution is -2.52. The largest absolute Gasteiger partial charge is 0.385 e. The summed E-state index contributed by atoms with van der Waals surface area (Å²) in [6, 6.07) is 15.4. The Morgan fingerprint density at radius 3 is 2.76 bits per heavy atom. The summed E-state index contributed by atoms with van der Waals surface area (Å²) in [6.45, 7) is 4.75. The third kappa shape index (κ3) is 6.56. The number of rotatable bonds is 9. The normalized spacial score (nSPS) is 16.5. The molecule has 13 heteroatoms. The third-order valence-electron chi connectivity index (χ3n) is 9.57. The number of thiophene rings is 1. The van der Waals surface area contributed by atoms with Crippen LogP contribution in [0.4, 0.5) is 5.69 Å². The number of nitrogens with one attached hydrogen (secondary N) is 2. The monoisotopic (exact) mass is 700 g/mol. The minimum Gasteiger partial charge on any atom is -0.385 e. The number of carbonyl (C=O) groups is 3. The maximum absolute atomic E-state index is 13.1. The molecule has 5 aromatic rings. The molecule has 51 heavy (non-hydrogen) atoms. The van der Waals surface area contributed by atoms with Crippen molar-refractivity contribution >= 4 is 34.7 Å². The molecule has 1 unspecified atom stereocenters. The second-order valence-electron chi connectivity index (χ2n) is 13.0. The van der Waals surface area contributed by atoms with Crippen molar-refractivity contribution in [2.45, 2.75) is 71.4 Å². The molecule has 258 valence electrons. The topological polar surface area (TPSA) is 136 Å². The molecular weight excluding hydrogens is 665 g/mol. The first-order chi connectivity index (χ1) is 24.9. The Balaban J connectivity index is 0.904. The molecule has 3 amide bonds. The number of piperidine rings is 1. The van der Waals surface area contributed by atoms with E-state index in [0.29, 0.717) is 37.4 Å². The van der Waals surface area contributed by atoms with Gasteiger partial charge in [-0.25, -0.2) is 4.98 Å². The van der Waals surface area contributed by atoms with Gasteiger partial charge in [-0.3, -0.25) is 24.3 Å². The van der Waals surface area contributed by atoms with Crippen molar-refractivity contribution in [3.63, 3.8) is 0 Å². The van der Waals surface area contributed by atoms with Crippen molar-refractivity contribution in [3.05, 3.63) is 111 Å². The number of fused-ring (bicyclic) bond motifs is 4. The number of hydrogen-bond acceptors (Lipinski definition) is 9. The van der Waals surface area contributed by atoms with Crippen LogP contribution in [-0.2, 0) is 47.1 Å². The minimum atomic E-state index is -0.626. The van der Waals surface area contributed by atoms with Gasteiger partial charge in [0.25, 0.3) is 5.91 Å². The van der Waals surface area contributed by atoms with Gasteiger partial charge in [-0.05, 0) is 67.7 Å². The molecule has 0 aliphatic carbocycles. The van der Waals surface area contributed by atoms with Crippen molar-refractivity contribution in [2.24, 2.45) is 0 Å². The minimum absolute atomic E-state index is 0.169. The Morgan fingerprint density at radius 2 is 1.90 bits per heavy atom. The van der Waals surface area contributed by atoms with Gasteiger partial charge >= 0.3 is 0 Å². The van der Waals surface area contributed by atoms with Crippen LogP contribution in [0.3, 0.4) is 0 Å². The molecule has 3 aliphatic rings. The molecule has 0 radical (unpaired) electrons. The highest BCUT2D eigenvalue weighted by Gasteiger charge is 2.39. The van der Waals surface area contributed by atoms with Crippen LogP contribution < -0.4 is 10.6 Å². The smallest absolute Gasteiger partial charge is 0.255 e. The van der Waals surface area contributed by atoms with Crippen LogP contribution in [-0.4, -0.2) is 59.5 Å². The van der Waals surface area contributed by atoms with E-state index in [1.807, 2.05) is 37.6 Å². The number of amides is 3. The summed E-state index contributed by atoms with van der Waals surface area (Å²) in [5, 5.41) is 15.6. The Bertz CT molecular complexity index is 2210. The van der Waals surface area contributed by atoms with Crippen LogP contribution >= 0.6 is 11.3 Å². The van der Waals surface area contributed by atoms with E-state index in [4.69, 9.17) is 4.74 Å². The van der Waals surface area contributed by atoms with Gasteiger partial charge in [-0.1, -0.05) is 36.4 Å². The van der Waals surface area contributed by atoms with Gasteiger partial charge in [-0.15, -0.1) is 21.5 Å². The first-order valence-electron chi connectivity index (χ1n) is 17.1. The molecule has 12 nitrogen and oxygen atoms in total. The molecule has 6 heterocycles. The maximum atomic E-state index is 13.1. The van der Waals surface area contributed by atoms with E-state index in [2.05, 4.69) is 71.1 Å². The van der Waals surface area contributed by atoms with Gasteiger partial charge in [-0.2, -0.15) is 0 Å². The van der Waals surface area contributed by atoms with E-state index in [1.54, 1.807) is 22.3 Å². The lowest BCUT2D eigenvalue weighted by atomic mass is 10.0. The number of unbranched alkanes of at least 4 members (excludes halogenated alkanes) is 1. The van der Waals surface area contributed by atoms with E-state index in [9.17, 15) is 14.4 Å². The zero-order chi connectivity index (χ0) is 34.9. The SMILES string of the molecule is Cc1nnc2n1-c1sc(C#Cc3cn(CCCCNc4cccc5c4CN(C4CCC(=O)NC4=O)C5=O)cn3)c(Cc3ccccc3)c1COC2. The Labute approximate surface area is 298 Å². The zero-order valence-electron chi connectivity index (χ0n) is 28.1. The molecule has 1 atom stereocenters. The van der Waals surface area contributed by atoms with Crippen LogP contribution in [0.5, 0.6) is 0 Å². The molecule has 8 rings (SSSR count). The number of aromatic nitrogens is 5. The van der Waals surface area contributed by atoms with Crippen LogP contribution in [0.2, 0.25) is 0 Å². The Morgan fingerprint density at radius 1 is 1.02 bits per heavy atom. The van der Waals surface area contributed by atoms with E-state index in [0.717, 1.165) is 70.7 Å². The summed E-state index contributed by atoms with van der Waals surface area (Å²) in [4.78, 5) is 44.3. The van der Waals surface area contributed by atoms with Gasteiger partial charge in [0.05, 0.1) is 17.8 Å². The lowest BCUT2D eigenvalue weighted by Gasteiger charge is -2.29. The molecule has 1 fully saturated rings. The number of benzene rings is 2. The average Bonchev–Trinajstić information content (AvgIpc) is 3.88. The molecule has 3 aliphatic heterocycles. The fourth-order valence-electron chi connectivity index (χ4n) is 6.97. The van der Waals surface area contributed by atoms with E-state index in [1.165, 1.54) is 11.1 Å². The van der Waals surface area contributed by atoms with Crippen LogP contribution in [0.15, 0.2) is 61.1 Å². The third-order valence-corrected chi connectivity index (χ3v) is 10.7. The maximum Gasteiger partial charge on any atom is 0.255 e. The Hall–Kier alpha value is -5.58. The van der Waals surface area contributed by atoms with E-state index >= 15 is 0 Å². The summed E-state index contributed by atoms with van der Waals surface area (Å²) < 4.78 is 10.2. The predicted octanol–water partition coefficient (Wildman–Crippen LogP) is 4.51. The summed E-state index contributed by atoms with van der Waals surface area (Å²) in [7, 11) is 0. The first-order valence-corrected chi connectivity index (χ1v) is 18.0. The van der Waals surface area contributed by atoms with Gasteiger partial charge in [0.2, 0.25) is 11.8 Å². The molecule has 0 bridgehead atoms. The molecule has 0 spiro atoms. The van der Waals surface area contributed by atoms with Crippen LogP contribution in [0.25, 0.3) is 5.00 Å². The highest BCUT2D eigenvalue weighted by Crippen LogP contribution is 2.37. The zero-order valence-corrected chi connectivity index (χ0v) is 29.0.